The number of carbonyl (C=O) groups excluding carboxylic acids is 3. The summed E-state index contributed by atoms with van der Waals surface area (Å²) in [6.07, 6.45) is -0.137. The highest BCUT2D eigenvalue weighted by atomic mass is 16.6. The van der Waals surface area contributed by atoms with Crippen molar-refractivity contribution in [1.29, 1.82) is 0 Å². The second-order valence-electron chi connectivity index (χ2n) is 3.49. The molecule has 5 nitrogen and oxygen atoms in total. The molecule has 0 saturated heterocycles. The smallest absolute Gasteiger partial charge is 0.330 e. The molecule has 0 bridgehead atoms. The third kappa shape index (κ3) is 3.34. The van der Waals surface area contributed by atoms with Crippen LogP contribution in [0.15, 0.2) is 0 Å². The summed E-state index contributed by atoms with van der Waals surface area (Å²) in [4.78, 5) is 33.6. The zero-order valence-corrected chi connectivity index (χ0v) is 9.40. The van der Waals surface area contributed by atoms with Crippen molar-refractivity contribution in [3.8, 4) is 0 Å². The molecule has 0 aliphatic heterocycles. The first-order chi connectivity index (χ1) is 6.88. The maximum absolute atomic E-state index is 11.5. The van der Waals surface area contributed by atoms with Gasteiger partial charge in [-0.3, -0.25) is 9.59 Å². The third-order valence-electron chi connectivity index (χ3n) is 1.70. The van der Waals surface area contributed by atoms with Crippen LogP contribution in [-0.4, -0.2) is 30.9 Å². The maximum atomic E-state index is 11.5. The molecule has 0 heterocycles. The number of rotatable bonds is 5. The number of carbonyl (C=O) groups is 3. The van der Waals surface area contributed by atoms with E-state index in [1.54, 1.807) is 20.8 Å². The Kier molecular flexibility index (Phi) is 4.97. The summed E-state index contributed by atoms with van der Waals surface area (Å²) >= 11 is 0. The second kappa shape index (κ2) is 5.48. The molecule has 0 N–H and O–H groups in total. The Hall–Kier alpha value is -1.39. The average molecular weight is 216 g/mol. The van der Waals surface area contributed by atoms with Crippen LogP contribution in [0.1, 0.15) is 27.7 Å². The molecule has 0 radical (unpaired) electrons. The Labute approximate surface area is 88.7 Å². The fraction of sp³-hybridized carbons (Fsp3) is 0.700. The van der Waals surface area contributed by atoms with Crippen molar-refractivity contribution in [3.05, 3.63) is 0 Å². The second-order valence-corrected chi connectivity index (χ2v) is 3.49. The number of hydrogen-bond acceptors (Lipinski definition) is 5. The van der Waals surface area contributed by atoms with Crippen LogP contribution in [0.2, 0.25) is 0 Å². The predicted molar refractivity (Wildman–Crippen MR) is 52.0 cm³/mol. The highest BCUT2D eigenvalue weighted by Crippen LogP contribution is 2.18. The fourth-order valence-electron chi connectivity index (χ4n) is 0.797. The summed E-state index contributed by atoms with van der Waals surface area (Å²) in [5.74, 6) is -1.77. The average Bonchev–Trinajstić information content (AvgIpc) is 2.15. The number of ether oxygens (including phenoxy) is 2. The van der Waals surface area contributed by atoms with Crippen molar-refractivity contribution in [2.75, 3.05) is 6.61 Å². The van der Waals surface area contributed by atoms with Crippen LogP contribution in [0.4, 0.5) is 0 Å². The monoisotopic (exact) mass is 216 g/mol. The summed E-state index contributed by atoms with van der Waals surface area (Å²) < 4.78 is 9.43. The van der Waals surface area contributed by atoms with Gasteiger partial charge < -0.3 is 14.3 Å². The number of hydrogen-bond donors (Lipinski definition) is 0. The van der Waals surface area contributed by atoms with E-state index in [9.17, 15) is 14.4 Å². The molecular formula is C10H16O5. The number of aldehydes is 1. The summed E-state index contributed by atoms with van der Waals surface area (Å²) in [7, 11) is 0. The minimum absolute atomic E-state index is 0.108. The maximum Gasteiger partial charge on any atom is 0.330 e. The van der Waals surface area contributed by atoms with Crippen molar-refractivity contribution in [3.63, 3.8) is 0 Å². The van der Waals surface area contributed by atoms with Crippen molar-refractivity contribution in [2.24, 2.45) is 5.41 Å². The zero-order chi connectivity index (χ0) is 12.1. The minimum atomic E-state index is -1.86. The van der Waals surface area contributed by atoms with Crippen LogP contribution in [0, 0.1) is 5.41 Å². The molecule has 1 atom stereocenters. The Morgan fingerprint density at radius 1 is 1.33 bits per heavy atom. The Morgan fingerprint density at radius 2 is 1.87 bits per heavy atom. The van der Waals surface area contributed by atoms with Gasteiger partial charge in [0.15, 0.2) is 0 Å². The van der Waals surface area contributed by atoms with Gasteiger partial charge in [0.2, 0.25) is 5.41 Å². The van der Waals surface area contributed by atoms with Crippen LogP contribution in [-0.2, 0) is 23.9 Å². The first-order valence-electron chi connectivity index (χ1n) is 4.73. The summed E-state index contributed by atoms with van der Waals surface area (Å²) in [6.45, 7) is 6.15. The van der Waals surface area contributed by atoms with Gasteiger partial charge in [-0.15, -0.1) is 0 Å². The minimum Gasteiger partial charge on any atom is -0.465 e. The van der Waals surface area contributed by atoms with Gasteiger partial charge in [-0.25, -0.2) is 0 Å². The first kappa shape index (κ1) is 13.6. The molecule has 0 fully saturated rings. The SMILES string of the molecule is CCOC(=O)C(C)(C=O)C(=O)OC(C)C. The molecule has 0 spiro atoms. The quantitative estimate of drug-likeness (QED) is 0.384. The molecule has 0 aliphatic rings. The lowest BCUT2D eigenvalue weighted by atomic mass is 9.93. The van der Waals surface area contributed by atoms with Crippen LogP contribution < -0.4 is 0 Å². The van der Waals surface area contributed by atoms with Crippen LogP contribution in [0.5, 0.6) is 0 Å². The Morgan fingerprint density at radius 3 is 2.20 bits per heavy atom. The van der Waals surface area contributed by atoms with Crippen molar-refractivity contribution in [2.45, 2.75) is 33.8 Å². The largest absolute Gasteiger partial charge is 0.465 e. The molecule has 0 rings (SSSR count). The molecule has 5 heteroatoms. The topological polar surface area (TPSA) is 69.7 Å². The van der Waals surface area contributed by atoms with Gasteiger partial charge in [0, 0.05) is 0 Å². The molecule has 0 saturated carbocycles. The molecule has 0 aromatic carbocycles. The lowest BCUT2D eigenvalue weighted by molar-refractivity contribution is -0.172. The summed E-state index contributed by atoms with van der Waals surface area (Å²) in [6, 6.07) is 0. The molecular weight excluding hydrogens is 200 g/mol. The zero-order valence-electron chi connectivity index (χ0n) is 9.40. The fourth-order valence-corrected chi connectivity index (χ4v) is 0.797. The van der Waals surface area contributed by atoms with Crippen LogP contribution in [0.3, 0.4) is 0 Å². The van der Waals surface area contributed by atoms with E-state index in [-0.39, 0.29) is 19.0 Å². The van der Waals surface area contributed by atoms with E-state index in [0.717, 1.165) is 0 Å². The summed E-state index contributed by atoms with van der Waals surface area (Å²) in [5.41, 5.74) is -1.86. The van der Waals surface area contributed by atoms with Gasteiger partial charge in [-0.05, 0) is 27.7 Å². The Balaban J connectivity index is 4.76. The van der Waals surface area contributed by atoms with E-state index in [1.165, 1.54) is 6.92 Å². The molecule has 0 aromatic rings. The van der Waals surface area contributed by atoms with Crippen molar-refractivity contribution >= 4 is 18.2 Å². The molecule has 0 amide bonds. The van der Waals surface area contributed by atoms with E-state index >= 15 is 0 Å². The van der Waals surface area contributed by atoms with E-state index < -0.39 is 17.4 Å². The van der Waals surface area contributed by atoms with Crippen LogP contribution >= 0.6 is 0 Å². The van der Waals surface area contributed by atoms with E-state index in [4.69, 9.17) is 4.74 Å². The molecule has 0 aliphatic carbocycles. The summed E-state index contributed by atoms with van der Waals surface area (Å²) in [5, 5.41) is 0. The van der Waals surface area contributed by atoms with Gasteiger partial charge >= 0.3 is 11.9 Å². The number of esters is 2. The Bertz CT molecular complexity index is 259. The van der Waals surface area contributed by atoms with Gasteiger partial charge in [-0.1, -0.05) is 0 Å². The standard InChI is InChI=1S/C10H16O5/c1-5-14-8(12)10(4,6-11)9(13)15-7(2)3/h6-7H,5H2,1-4H3. The molecule has 86 valence electrons. The molecule has 15 heavy (non-hydrogen) atoms. The van der Waals surface area contributed by atoms with Gasteiger partial charge in [0.25, 0.3) is 0 Å². The van der Waals surface area contributed by atoms with E-state index in [0.29, 0.717) is 0 Å². The van der Waals surface area contributed by atoms with E-state index in [1.807, 2.05) is 0 Å². The predicted octanol–water partition coefficient (Wildman–Crippen LogP) is 0.706. The van der Waals surface area contributed by atoms with Crippen molar-refractivity contribution < 1.29 is 23.9 Å². The third-order valence-corrected chi connectivity index (χ3v) is 1.70. The van der Waals surface area contributed by atoms with E-state index in [2.05, 4.69) is 4.74 Å². The molecule has 1 unspecified atom stereocenters. The lowest BCUT2D eigenvalue weighted by Gasteiger charge is -2.20. The lowest BCUT2D eigenvalue weighted by Crippen LogP contribution is -2.41. The normalized spacial score (nSPS) is 14.2. The highest BCUT2D eigenvalue weighted by molar-refractivity contribution is 6.12. The molecule has 0 aromatic heterocycles. The highest BCUT2D eigenvalue weighted by Gasteiger charge is 2.44. The van der Waals surface area contributed by atoms with Crippen LogP contribution in [0.25, 0.3) is 0 Å². The van der Waals surface area contributed by atoms with Gasteiger partial charge in [0.1, 0.15) is 6.29 Å². The first-order valence-corrected chi connectivity index (χ1v) is 4.73. The van der Waals surface area contributed by atoms with Crippen molar-refractivity contribution in [1.82, 2.24) is 0 Å². The van der Waals surface area contributed by atoms with Gasteiger partial charge in [-0.2, -0.15) is 0 Å². The van der Waals surface area contributed by atoms with Gasteiger partial charge in [0.05, 0.1) is 12.7 Å².